The lowest BCUT2D eigenvalue weighted by molar-refractivity contribution is 0.257. The molecule has 0 aromatic carbocycles. The van der Waals surface area contributed by atoms with Gasteiger partial charge in [0.2, 0.25) is 0 Å². The van der Waals surface area contributed by atoms with Gasteiger partial charge in [-0.2, -0.15) is 0 Å². The molecule has 92 valence electrons. The molecule has 2 aliphatic rings. The van der Waals surface area contributed by atoms with Crippen LogP contribution in [0.5, 0.6) is 0 Å². The van der Waals surface area contributed by atoms with E-state index in [0.717, 1.165) is 17.5 Å². The van der Waals surface area contributed by atoms with Gasteiger partial charge in [0.05, 0.1) is 0 Å². The molecular weight excluding hydrogens is 218 g/mol. The molecule has 2 atom stereocenters. The summed E-state index contributed by atoms with van der Waals surface area (Å²) in [6.45, 7) is 0. The minimum atomic E-state index is 0.806. The van der Waals surface area contributed by atoms with Gasteiger partial charge in [0.25, 0.3) is 0 Å². The van der Waals surface area contributed by atoms with E-state index in [1.807, 2.05) is 18.2 Å². The molecule has 0 bridgehead atoms. The topological polar surface area (TPSA) is 12.9 Å². The van der Waals surface area contributed by atoms with Gasteiger partial charge in [-0.3, -0.25) is 0 Å². The molecule has 1 heterocycles. The van der Waals surface area contributed by atoms with E-state index in [1.165, 1.54) is 44.1 Å². The van der Waals surface area contributed by atoms with E-state index in [4.69, 9.17) is 0 Å². The number of pyridine rings is 1. The van der Waals surface area contributed by atoms with Crippen molar-refractivity contribution in [2.24, 2.45) is 11.8 Å². The van der Waals surface area contributed by atoms with Crippen LogP contribution in [-0.2, 0) is 0 Å². The first-order chi connectivity index (χ1) is 8.92. The van der Waals surface area contributed by atoms with Gasteiger partial charge in [-0.15, -0.1) is 0 Å². The summed E-state index contributed by atoms with van der Waals surface area (Å²) in [6.07, 6.45) is 12.4. The Morgan fingerprint density at radius 2 is 2.00 bits per heavy atom. The highest BCUT2D eigenvalue weighted by molar-refractivity contribution is 5.38. The largest absolute Gasteiger partial charge is 0.248 e. The average Bonchev–Trinajstić information content (AvgIpc) is 2.46. The first kappa shape index (κ1) is 11.5. The van der Waals surface area contributed by atoms with E-state index in [2.05, 4.69) is 22.9 Å². The zero-order valence-electron chi connectivity index (χ0n) is 10.7. The molecule has 0 radical (unpaired) electrons. The highest BCUT2D eigenvalue weighted by Gasteiger charge is 2.26. The third-order valence-electron chi connectivity index (χ3n) is 4.18. The quantitative estimate of drug-likeness (QED) is 0.622. The summed E-state index contributed by atoms with van der Waals surface area (Å²) in [5, 5.41) is 0. The van der Waals surface area contributed by atoms with Crippen molar-refractivity contribution in [1.29, 1.82) is 0 Å². The Balaban J connectivity index is 1.74. The van der Waals surface area contributed by atoms with Gasteiger partial charge in [0.15, 0.2) is 0 Å². The van der Waals surface area contributed by atoms with Crippen LogP contribution in [0, 0.1) is 23.7 Å². The summed E-state index contributed by atoms with van der Waals surface area (Å²) in [5.41, 5.74) is 2.22. The molecule has 2 unspecified atom stereocenters. The van der Waals surface area contributed by atoms with Crippen molar-refractivity contribution < 1.29 is 0 Å². The molecule has 1 fully saturated rings. The zero-order valence-corrected chi connectivity index (χ0v) is 10.7. The monoisotopic (exact) mass is 237 g/mol. The van der Waals surface area contributed by atoms with Gasteiger partial charge in [0, 0.05) is 6.20 Å². The fourth-order valence-electron chi connectivity index (χ4n) is 3.18. The minimum absolute atomic E-state index is 0.806. The molecule has 1 saturated carbocycles. The van der Waals surface area contributed by atoms with Crippen LogP contribution in [0.25, 0.3) is 0 Å². The fourth-order valence-corrected chi connectivity index (χ4v) is 3.18. The van der Waals surface area contributed by atoms with Crippen LogP contribution < -0.4 is 0 Å². The van der Waals surface area contributed by atoms with E-state index in [0.29, 0.717) is 0 Å². The maximum atomic E-state index is 4.24. The molecule has 0 amide bonds. The van der Waals surface area contributed by atoms with Crippen LogP contribution in [0.1, 0.15) is 44.2 Å². The van der Waals surface area contributed by atoms with Crippen LogP contribution in [0.15, 0.2) is 36.0 Å². The van der Waals surface area contributed by atoms with E-state index < -0.39 is 0 Å². The maximum absolute atomic E-state index is 4.24. The standard InChI is InChI=1S/C17H19N/c1-2-6-16-13-14(8-10-15(16)5-1)9-11-17-7-3-4-12-18-17/h3-4,7,12-13,15-16H,1-2,5-6,8,10H2. The van der Waals surface area contributed by atoms with Crippen molar-refractivity contribution in [3.05, 3.63) is 41.7 Å². The Hall–Kier alpha value is -1.55. The highest BCUT2D eigenvalue weighted by Crippen LogP contribution is 2.38. The summed E-state index contributed by atoms with van der Waals surface area (Å²) in [6, 6.07) is 5.89. The van der Waals surface area contributed by atoms with Gasteiger partial charge in [-0.25, -0.2) is 4.98 Å². The van der Waals surface area contributed by atoms with Crippen LogP contribution in [-0.4, -0.2) is 4.98 Å². The molecule has 2 aliphatic carbocycles. The number of nitrogens with zero attached hydrogens (tertiary/aromatic N) is 1. The smallest absolute Gasteiger partial charge is 0.113 e. The van der Waals surface area contributed by atoms with Crippen LogP contribution in [0.3, 0.4) is 0 Å². The van der Waals surface area contributed by atoms with Gasteiger partial charge < -0.3 is 0 Å². The second-order valence-electron chi connectivity index (χ2n) is 5.40. The third-order valence-corrected chi connectivity index (χ3v) is 4.18. The predicted octanol–water partition coefficient (Wildman–Crippen LogP) is 3.96. The fraction of sp³-hybridized carbons (Fsp3) is 0.471. The van der Waals surface area contributed by atoms with E-state index >= 15 is 0 Å². The summed E-state index contributed by atoms with van der Waals surface area (Å²) in [7, 11) is 0. The second kappa shape index (κ2) is 5.40. The minimum Gasteiger partial charge on any atom is -0.248 e. The lowest BCUT2D eigenvalue weighted by atomic mass is 9.72. The molecule has 18 heavy (non-hydrogen) atoms. The van der Waals surface area contributed by atoms with E-state index in [-0.39, 0.29) is 0 Å². The Kier molecular flexibility index (Phi) is 3.46. The molecule has 1 aromatic heterocycles. The normalized spacial score (nSPS) is 26.6. The summed E-state index contributed by atoms with van der Waals surface area (Å²) in [5.74, 6) is 8.25. The van der Waals surface area contributed by atoms with Crippen LogP contribution >= 0.6 is 0 Å². The maximum Gasteiger partial charge on any atom is 0.113 e. The van der Waals surface area contributed by atoms with E-state index in [1.54, 1.807) is 6.20 Å². The predicted molar refractivity (Wildman–Crippen MR) is 73.9 cm³/mol. The van der Waals surface area contributed by atoms with Gasteiger partial charge in [-0.1, -0.05) is 30.9 Å². The van der Waals surface area contributed by atoms with Crippen molar-refractivity contribution in [2.75, 3.05) is 0 Å². The Bertz CT molecular complexity index is 489. The summed E-state index contributed by atoms with van der Waals surface area (Å²) < 4.78 is 0. The Labute approximate surface area is 109 Å². The first-order valence-corrected chi connectivity index (χ1v) is 7.05. The number of fused-ring (bicyclic) bond motifs is 1. The van der Waals surface area contributed by atoms with Gasteiger partial charge >= 0.3 is 0 Å². The molecule has 1 nitrogen and oxygen atoms in total. The van der Waals surface area contributed by atoms with E-state index in [9.17, 15) is 0 Å². The molecule has 0 spiro atoms. The SMILES string of the molecule is C(#Cc1ccccn1)C1=CC2CCCCC2CC1. The number of hydrogen-bond donors (Lipinski definition) is 0. The van der Waals surface area contributed by atoms with Crippen LogP contribution in [0.4, 0.5) is 0 Å². The van der Waals surface area contributed by atoms with Gasteiger partial charge in [0.1, 0.15) is 5.69 Å². The lowest BCUT2D eigenvalue weighted by Gasteiger charge is -2.33. The first-order valence-electron chi connectivity index (χ1n) is 7.05. The molecule has 3 rings (SSSR count). The van der Waals surface area contributed by atoms with Crippen molar-refractivity contribution in [3.8, 4) is 11.8 Å². The van der Waals surface area contributed by atoms with Gasteiger partial charge in [-0.05, 0) is 61.1 Å². The Morgan fingerprint density at radius 1 is 1.06 bits per heavy atom. The summed E-state index contributed by atoms with van der Waals surface area (Å²) in [4.78, 5) is 4.24. The number of aromatic nitrogens is 1. The second-order valence-corrected chi connectivity index (χ2v) is 5.40. The molecular formula is C17H19N. The zero-order chi connectivity index (χ0) is 12.2. The molecule has 1 aromatic rings. The number of allylic oxidation sites excluding steroid dienone is 2. The third kappa shape index (κ3) is 2.64. The van der Waals surface area contributed by atoms with Crippen molar-refractivity contribution in [1.82, 2.24) is 4.98 Å². The lowest BCUT2D eigenvalue weighted by Crippen LogP contribution is -2.21. The van der Waals surface area contributed by atoms with Crippen molar-refractivity contribution in [3.63, 3.8) is 0 Å². The average molecular weight is 237 g/mol. The molecule has 1 heteroatoms. The van der Waals surface area contributed by atoms with Crippen molar-refractivity contribution >= 4 is 0 Å². The summed E-state index contributed by atoms with van der Waals surface area (Å²) >= 11 is 0. The highest BCUT2D eigenvalue weighted by atomic mass is 14.6. The van der Waals surface area contributed by atoms with Crippen molar-refractivity contribution in [2.45, 2.75) is 38.5 Å². The molecule has 0 saturated heterocycles. The molecule has 0 N–H and O–H groups in total. The number of rotatable bonds is 0. The number of hydrogen-bond acceptors (Lipinski definition) is 1. The Morgan fingerprint density at radius 3 is 2.89 bits per heavy atom. The van der Waals surface area contributed by atoms with Crippen LogP contribution in [0.2, 0.25) is 0 Å². The molecule has 0 aliphatic heterocycles.